The maximum absolute atomic E-state index is 6.79. The topological polar surface area (TPSA) is 9.23 Å². The normalized spacial score (nSPS) is 15.3. The summed E-state index contributed by atoms with van der Waals surface area (Å²) in [4.78, 5) is 0. The van der Waals surface area contributed by atoms with E-state index in [0.29, 0.717) is 5.73 Å². The van der Waals surface area contributed by atoms with Gasteiger partial charge in [-0.15, -0.1) is 0 Å². The summed E-state index contributed by atoms with van der Waals surface area (Å²) in [7, 11) is -4.48. The van der Waals surface area contributed by atoms with Crippen LogP contribution in [0.1, 0.15) is 11.3 Å². The van der Waals surface area contributed by atoms with E-state index in [2.05, 4.69) is 89.3 Å². The zero-order valence-electron chi connectivity index (χ0n) is 15.4. The molecule has 21 heavy (non-hydrogen) atoms. The monoisotopic (exact) mass is 353 g/mol. The van der Waals surface area contributed by atoms with Crippen LogP contribution in [-0.4, -0.2) is 31.3 Å². The highest BCUT2D eigenvalue weighted by Crippen LogP contribution is 2.34. The van der Waals surface area contributed by atoms with Gasteiger partial charge in [0.25, 0.3) is 0 Å². The summed E-state index contributed by atoms with van der Waals surface area (Å²) in [5.41, 5.74) is 1.82. The summed E-state index contributed by atoms with van der Waals surface area (Å²) < 4.78 is 6.79. The quantitative estimate of drug-likeness (QED) is 0.618. The Morgan fingerprint density at radius 2 is 1.19 bits per heavy atom. The molecule has 0 N–H and O–H groups in total. The SMILES string of the molecule is C[Si](C)(C)OC(c1ccccc1)[Si]([Si](C)(C)C)[Si](C)(C)C. The molecular weight excluding hydrogens is 321 g/mol. The highest BCUT2D eigenvalue weighted by atomic mass is 29.6. The summed E-state index contributed by atoms with van der Waals surface area (Å²) in [6.45, 7) is 22.3. The fourth-order valence-electron chi connectivity index (χ4n) is 3.19. The van der Waals surface area contributed by atoms with Crippen LogP contribution < -0.4 is 0 Å². The van der Waals surface area contributed by atoms with Gasteiger partial charge in [0.15, 0.2) is 8.32 Å². The molecule has 0 aliphatic carbocycles. The van der Waals surface area contributed by atoms with E-state index in [9.17, 15) is 0 Å². The van der Waals surface area contributed by atoms with Crippen molar-refractivity contribution < 1.29 is 4.43 Å². The van der Waals surface area contributed by atoms with Crippen LogP contribution in [0.15, 0.2) is 30.3 Å². The maximum atomic E-state index is 6.79. The summed E-state index contributed by atoms with van der Waals surface area (Å²) in [6, 6.07) is 11.0. The number of rotatable bonds is 6. The number of benzene rings is 1. The first kappa shape index (κ1) is 19.1. The Morgan fingerprint density at radius 1 is 0.762 bits per heavy atom. The molecule has 0 heterocycles. The van der Waals surface area contributed by atoms with Crippen LogP contribution in [0, 0.1) is 0 Å². The van der Waals surface area contributed by atoms with Crippen LogP contribution in [0.4, 0.5) is 0 Å². The molecule has 1 aromatic carbocycles. The molecule has 0 saturated heterocycles. The molecule has 1 rings (SSSR count). The standard InChI is InChI=1S/C16H33OSi4/c1-19(2,3)17-16(15-13-11-10-12-14-15)18(20(4,5)6)21(7,8)9/h10-14,16H,1-9H3. The van der Waals surface area contributed by atoms with Gasteiger partial charge in [-0.2, -0.15) is 0 Å². The molecule has 119 valence electrons. The maximum Gasteiger partial charge on any atom is 0.184 e. The van der Waals surface area contributed by atoms with Crippen molar-refractivity contribution in [2.75, 3.05) is 0 Å². The van der Waals surface area contributed by atoms with Crippen molar-refractivity contribution in [3.05, 3.63) is 35.9 Å². The lowest BCUT2D eigenvalue weighted by Crippen LogP contribution is -2.63. The molecule has 0 spiro atoms. The molecule has 0 amide bonds. The second-order valence-electron chi connectivity index (χ2n) is 8.93. The Kier molecular flexibility index (Phi) is 6.06. The van der Waals surface area contributed by atoms with Gasteiger partial charge in [0.05, 0.1) is 13.6 Å². The summed E-state index contributed by atoms with van der Waals surface area (Å²) in [6.07, 6.45) is 0. The van der Waals surface area contributed by atoms with E-state index in [1.165, 1.54) is 5.56 Å². The fraction of sp³-hybridized carbons (Fsp3) is 0.625. The van der Waals surface area contributed by atoms with Crippen molar-refractivity contribution >= 4 is 31.3 Å². The molecule has 0 bridgehead atoms. The average Bonchev–Trinajstić information content (AvgIpc) is 2.23. The molecule has 0 aliphatic rings. The van der Waals surface area contributed by atoms with Gasteiger partial charge in [0.2, 0.25) is 0 Å². The third-order valence-corrected chi connectivity index (χ3v) is 33.6. The lowest BCUT2D eigenvalue weighted by atomic mass is 10.2. The van der Waals surface area contributed by atoms with Crippen molar-refractivity contribution in [1.29, 1.82) is 0 Å². The van der Waals surface area contributed by atoms with E-state index in [4.69, 9.17) is 4.43 Å². The van der Waals surface area contributed by atoms with Crippen LogP contribution >= 0.6 is 0 Å². The van der Waals surface area contributed by atoms with Crippen LogP contribution in [0.3, 0.4) is 0 Å². The van der Waals surface area contributed by atoms with Gasteiger partial charge in [-0.3, -0.25) is 0 Å². The highest BCUT2D eigenvalue weighted by Gasteiger charge is 2.46. The minimum atomic E-state index is -1.55. The lowest BCUT2D eigenvalue weighted by molar-refractivity contribution is 0.277. The molecule has 1 unspecified atom stereocenters. The van der Waals surface area contributed by atoms with Gasteiger partial charge in [0.1, 0.15) is 0 Å². The molecular formula is C16H33OSi4. The lowest BCUT2D eigenvalue weighted by Gasteiger charge is -2.44. The largest absolute Gasteiger partial charge is 0.414 e. The Bertz CT molecular complexity index is 426. The Balaban J connectivity index is 3.33. The molecule has 0 aromatic heterocycles. The van der Waals surface area contributed by atoms with Crippen molar-refractivity contribution in [1.82, 2.24) is 0 Å². The van der Waals surface area contributed by atoms with Gasteiger partial charge in [-0.05, 0) is 25.2 Å². The second kappa shape index (κ2) is 6.66. The van der Waals surface area contributed by atoms with Gasteiger partial charge in [-0.1, -0.05) is 69.6 Å². The molecule has 5 heteroatoms. The molecule has 1 radical (unpaired) electrons. The zero-order chi connectivity index (χ0) is 16.5. The average molecular weight is 354 g/mol. The molecule has 1 atom stereocenters. The van der Waals surface area contributed by atoms with Crippen molar-refractivity contribution in [2.45, 2.75) is 64.7 Å². The number of hydrogen-bond donors (Lipinski definition) is 0. The van der Waals surface area contributed by atoms with Gasteiger partial charge in [-0.25, -0.2) is 0 Å². The summed E-state index contributed by atoms with van der Waals surface area (Å²) in [5.74, 6) is 0. The summed E-state index contributed by atoms with van der Waals surface area (Å²) in [5, 5.41) is 0. The van der Waals surface area contributed by atoms with E-state index in [1.54, 1.807) is 0 Å². The highest BCUT2D eigenvalue weighted by molar-refractivity contribution is 7.60. The predicted octanol–water partition coefficient (Wildman–Crippen LogP) is 5.45. The Labute approximate surface area is 136 Å². The second-order valence-corrected chi connectivity index (χ2v) is 37.5. The molecule has 0 saturated carbocycles. The third-order valence-electron chi connectivity index (χ3n) is 3.45. The van der Waals surface area contributed by atoms with Gasteiger partial charge >= 0.3 is 0 Å². The summed E-state index contributed by atoms with van der Waals surface area (Å²) >= 11 is 0. The van der Waals surface area contributed by atoms with E-state index in [-0.39, 0.29) is 0 Å². The predicted molar refractivity (Wildman–Crippen MR) is 106 cm³/mol. The minimum Gasteiger partial charge on any atom is -0.414 e. The van der Waals surface area contributed by atoms with Crippen LogP contribution in [0.25, 0.3) is 0 Å². The van der Waals surface area contributed by atoms with E-state index < -0.39 is 31.3 Å². The molecule has 0 fully saturated rings. The first-order valence-corrected chi connectivity index (χ1v) is 21.9. The molecule has 1 aromatic rings. The van der Waals surface area contributed by atoms with Crippen molar-refractivity contribution in [3.63, 3.8) is 0 Å². The van der Waals surface area contributed by atoms with Crippen molar-refractivity contribution in [3.8, 4) is 0 Å². The Hall–Kier alpha value is 0.0475. The molecule has 0 aliphatic heterocycles. The molecule has 1 nitrogen and oxygen atoms in total. The Morgan fingerprint density at radius 3 is 1.52 bits per heavy atom. The van der Waals surface area contributed by atoms with Crippen molar-refractivity contribution in [2.24, 2.45) is 0 Å². The smallest absolute Gasteiger partial charge is 0.184 e. The van der Waals surface area contributed by atoms with Gasteiger partial charge in [0, 0.05) is 15.2 Å². The van der Waals surface area contributed by atoms with E-state index >= 15 is 0 Å². The van der Waals surface area contributed by atoms with Crippen LogP contribution in [-0.2, 0) is 4.43 Å². The van der Waals surface area contributed by atoms with E-state index in [0.717, 1.165) is 0 Å². The van der Waals surface area contributed by atoms with E-state index in [1.807, 2.05) is 0 Å². The zero-order valence-corrected chi connectivity index (χ0v) is 19.4. The van der Waals surface area contributed by atoms with Crippen LogP contribution in [0.2, 0.25) is 58.9 Å². The first-order chi connectivity index (χ1) is 9.32. The fourth-order valence-corrected chi connectivity index (χ4v) is 43.7. The van der Waals surface area contributed by atoms with Gasteiger partial charge < -0.3 is 4.43 Å². The minimum absolute atomic E-state index is 0.390. The number of hydrogen-bond acceptors (Lipinski definition) is 1. The first-order valence-electron chi connectivity index (χ1n) is 7.93. The third kappa shape index (κ3) is 5.98. The van der Waals surface area contributed by atoms with Crippen LogP contribution in [0.5, 0.6) is 0 Å².